The van der Waals surface area contributed by atoms with E-state index in [1.54, 1.807) is 7.05 Å². The molecule has 0 saturated carbocycles. The van der Waals surface area contributed by atoms with Crippen molar-refractivity contribution in [3.63, 3.8) is 0 Å². The van der Waals surface area contributed by atoms with E-state index in [9.17, 15) is 4.79 Å². The maximum atomic E-state index is 11.8. The molecule has 0 aliphatic carbocycles. The number of hydrogen-bond donors (Lipinski definition) is 1. The summed E-state index contributed by atoms with van der Waals surface area (Å²) in [5.74, 6) is 0.984. The van der Waals surface area contributed by atoms with E-state index in [0.717, 1.165) is 32.0 Å². The highest BCUT2D eigenvalue weighted by Gasteiger charge is 2.36. The summed E-state index contributed by atoms with van der Waals surface area (Å²) in [6.07, 6.45) is 1.07. The van der Waals surface area contributed by atoms with Gasteiger partial charge in [-0.1, -0.05) is 6.92 Å². The van der Waals surface area contributed by atoms with Gasteiger partial charge in [0.15, 0.2) is 5.96 Å². The van der Waals surface area contributed by atoms with Gasteiger partial charge in [-0.25, -0.2) is 0 Å². The van der Waals surface area contributed by atoms with Gasteiger partial charge >= 0.3 is 5.97 Å². The van der Waals surface area contributed by atoms with Crippen LogP contribution in [-0.2, 0) is 9.53 Å². The van der Waals surface area contributed by atoms with Gasteiger partial charge in [-0.15, -0.1) is 0 Å². The van der Waals surface area contributed by atoms with Crippen molar-refractivity contribution in [2.24, 2.45) is 16.8 Å². The largest absolute Gasteiger partial charge is 0.469 e. The lowest BCUT2D eigenvalue weighted by Crippen LogP contribution is -2.43. The van der Waals surface area contributed by atoms with Crippen LogP contribution in [0.2, 0.25) is 0 Å². The Bertz CT molecular complexity index is 415. The quantitative estimate of drug-likeness (QED) is 0.331. The molecule has 1 rings (SSSR count). The molecule has 0 aromatic rings. The summed E-state index contributed by atoms with van der Waals surface area (Å²) in [5, 5.41) is 3.44. The fraction of sp³-hybridized carbons (Fsp3) is 0.889. The molecule has 0 aromatic heterocycles. The summed E-state index contributed by atoms with van der Waals surface area (Å²) < 4.78 is 4.90. The summed E-state index contributed by atoms with van der Waals surface area (Å²) >= 11 is 0. The van der Waals surface area contributed by atoms with Crippen LogP contribution in [0.4, 0.5) is 0 Å². The van der Waals surface area contributed by atoms with Crippen LogP contribution in [0, 0.1) is 11.8 Å². The molecule has 1 saturated heterocycles. The van der Waals surface area contributed by atoms with Gasteiger partial charge < -0.3 is 15.0 Å². The van der Waals surface area contributed by atoms with Crippen LogP contribution in [0.1, 0.15) is 41.0 Å². The molecule has 2 atom stereocenters. The fourth-order valence-corrected chi connectivity index (χ4v) is 3.50. The summed E-state index contributed by atoms with van der Waals surface area (Å²) in [5.41, 5.74) is 0. The molecule has 6 nitrogen and oxygen atoms in total. The van der Waals surface area contributed by atoms with Gasteiger partial charge in [-0.3, -0.25) is 14.7 Å². The molecule has 0 bridgehead atoms. The van der Waals surface area contributed by atoms with E-state index in [-0.39, 0.29) is 17.8 Å². The number of methoxy groups -OCH3 is 1. The number of hydrogen-bond acceptors (Lipinski definition) is 4. The van der Waals surface area contributed by atoms with Crippen molar-refractivity contribution in [1.82, 2.24) is 15.1 Å². The van der Waals surface area contributed by atoms with Gasteiger partial charge in [0.2, 0.25) is 0 Å². The lowest BCUT2D eigenvalue weighted by molar-refractivity contribution is -0.145. The van der Waals surface area contributed by atoms with Crippen molar-refractivity contribution in [2.75, 3.05) is 40.3 Å². The predicted molar refractivity (Wildman–Crippen MR) is 99.2 cm³/mol. The van der Waals surface area contributed by atoms with E-state index in [1.807, 2.05) is 0 Å². The number of aliphatic imine (C=N–C) groups is 1. The zero-order valence-electron chi connectivity index (χ0n) is 16.5. The molecular weight excluding hydrogens is 304 g/mol. The maximum absolute atomic E-state index is 11.8. The summed E-state index contributed by atoms with van der Waals surface area (Å²) in [4.78, 5) is 20.9. The zero-order chi connectivity index (χ0) is 18.3. The van der Waals surface area contributed by atoms with Gasteiger partial charge in [-0.05, 0) is 40.0 Å². The Labute approximate surface area is 147 Å². The second-order valence-electron chi connectivity index (χ2n) is 7.26. The maximum Gasteiger partial charge on any atom is 0.310 e. The molecule has 0 amide bonds. The number of guanidine groups is 1. The van der Waals surface area contributed by atoms with Crippen molar-refractivity contribution >= 4 is 11.9 Å². The van der Waals surface area contributed by atoms with E-state index in [1.165, 1.54) is 7.11 Å². The van der Waals surface area contributed by atoms with Gasteiger partial charge in [-0.2, -0.15) is 0 Å². The first-order valence-corrected chi connectivity index (χ1v) is 9.10. The predicted octanol–water partition coefficient (Wildman–Crippen LogP) is 1.81. The van der Waals surface area contributed by atoms with Gasteiger partial charge in [0.05, 0.1) is 13.0 Å². The number of ether oxygens (including phenoxy) is 1. The normalized spacial score (nSPS) is 21.9. The molecule has 24 heavy (non-hydrogen) atoms. The minimum Gasteiger partial charge on any atom is -0.469 e. The third kappa shape index (κ3) is 5.65. The number of nitrogens with one attached hydrogen (secondary N) is 1. The second kappa shape index (κ2) is 9.87. The van der Waals surface area contributed by atoms with Crippen LogP contribution >= 0.6 is 0 Å². The van der Waals surface area contributed by atoms with Crippen molar-refractivity contribution in [2.45, 2.75) is 53.1 Å². The molecule has 1 heterocycles. The molecule has 2 unspecified atom stereocenters. The zero-order valence-corrected chi connectivity index (χ0v) is 16.5. The third-order valence-corrected chi connectivity index (χ3v) is 4.83. The van der Waals surface area contributed by atoms with E-state index < -0.39 is 0 Å². The molecule has 1 aliphatic rings. The Morgan fingerprint density at radius 3 is 2.42 bits per heavy atom. The summed E-state index contributed by atoms with van der Waals surface area (Å²) in [7, 11) is 3.26. The van der Waals surface area contributed by atoms with Crippen LogP contribution in [0.15, 0.2) is 4.99 Å². The van der Waals surface area contributed by atoms with Crippen LogP contribution in [0.5, 0.6) is 0 Å². The van der Waals surface area contributed by atoms with Gasteiger partial charge in [0.1, 0.15) is 0 Å². The molecule has 0 spiro atoms. The lowest BCUT2D eigenvalue weighted by Gasteiger charge is -2.30. The number of carbonyl (C=O) groups is 1. The minimum absolute atomic E-state index is 0.0640. The van der Waals surface area contributed by atoms with Gasteiger partial charge in [0.25, 0.3) is 0 Å². The van der Waals surface area contributed by atoms with Crippen LogP contribution in [-0.4, -0.2) is 74.1 Å². The third-order valence-electron chi connectivity index (χ3n) is 4.83. The smallest absolute Gasteiger partial charge is 0.310 e. The monoisotopic (exact) mass is 340 g/mol. The SMILES string of the molecule is CN=C(NCCCN(C(C)C)C(C)C)N1CC(C)C(C(=O)OC)C1. The van der Waals surface area contributed by atoms with Crippen LogP contribution < -0.4 is 5.32 Å². The molecule has 6 heteroatoms. The van der Waals surface area contributed by atoms with Crippen molar-refractivity contribution in [1.29, 1.82) is 0 Å². The number of rotatable bonds is 7. The number of likely N-dealkylation sites (tertiary alicyclic amines) is 1. The van der Waals surface area contributed by atoms with Crippen molar-refractivity contribution in [3.8, 4) is 0 Å². The van der Waals surface area contributed by atoms with Crippen molar-refractivity contribution in [3.05, 3.63) is 0 Å². The topological polar surface area (TPSA) is 57.2 Å². The van der Waals surface area contributed by atoms with Crippen LogP contribution in [0.25, 0.3) is 0 Å². The first-order chi connectivity index (χ1) is 11.3. The highest BCUT2D eigenvalue weighted by atomic mass is 16.5. The Kier molecular flexibility index (Phi) is 8.53. The summed E-state index contributed by atoms with van der Waals surface area (Å²) in [6, 6.07) is 1.12. The Morgan fingerprint density at radius 2 is 1.92 bits per heavy atom. The Hall–Kier alpha value is -1.30. The molecule has 1 fully saturated rings. The van der Waals surface area contributed by atoms with Crippen molar-refractivity contribution < 1.29 is 9.53 Å². The Morgan fingerprint density at radius 1 is 1.29 bits per heavy atom. The van der Waals surface area contributed by atoms with E-state index in [4.69, 9.17) is 4.74 Å². The Balaban J connectivity index is 2.45. The first kappa shape index (κ1) is 20.7. The highest BCUT2D eigenvalue weighted by molar-refractivity contribution is 5.82. The number of esters is 1. The van der Waals surface area contributed by atoms with Gasteiger partial charge in [0, 0.05) is 45.3 Å². The molecule has 1 N–H and O–H groups in total. The second-order valence-corrected chi connectivity index (χ2v) is 7.26. The van der Waals surface area contributed by atoms with E-state index >= 15 is 0 Å². The number of nitrogens with zero attached hydrogens (tertiary/aromatic N) is 3. The minimum atomic E-state index is -0.120. The molecule has 0 radical (unpaired) electrons. The standard InChI is InChI=1S/C18H36N4O2/c1-13(2)22(14(3)4)10-8-9-20-18(19-6)21-11-15(5)16(12-21)17(23)24-7/h13-16H,8-12H2,1-7H3,(H,19,20). The summed E-state index contributed by atoms with van der Waals surface area (Å²) in [6.45, 7) is 14.5. The lowest BCUT2D eigenvalue weighted by atomic mass is 9.99. The average molecular weight is 341 g/mol. The number of carbonyl (C=O) groups excluding carboxylic acids is 1. The first-order valence-electron chi connectivity index (χ1n) is 9.10. The molecule has 1 aliphatic heterocycles. The highest BCUT2D eigenvalue weighted by Crippen LogP contribution is 2.24. The van der Waals surface area contributed by atoms with E-state index in [2.05, 4.69) is 54.7 Å². The molecule has 140 valence electrons. The fourth-order valence-electron chi connectivity index (χ4n) is 3.50. The molecular formula is C18H36N4O2. The molecule has 0 aromatic carbocycles. The van der Waals surface area contributed by atoms with E-state index in [0.29, 0.717) is 18.6 Å². The van der Waals surface area contributed by atoms with Crippen LogP contribution in [0.3, 0.4) is 0 Å². The average Bonchev–Trinajstić information content (AvgIpc) is 2.91.